The van der Waals surface area contributed by atoms with Gasteiger partial charge < -0.3 is 14.9 Å². The van der Waals surface area contributed by atoms with Gasteiger partial charge in [-0.3, -0.25) is 0 Å². The molecule has 120 valence electrons. The van der Waals surface area contributed by atoms with E-state index in [1.54, 1.807) is 0 Å². The van der Waals surface area contributed by atoms with E-state index in [-0.39, 0.29) is 12.6 Å². The molecule has 1 saturated heterocycles. The Kier molecular flexibility index (Phi) is 3.65. The van der Waals surface area contributed by atoms with Crippen LogP contribution in [0.25, 0.3) is 0 Å². The molecule has 2 unspecified atom stereocenters. The minimum absolute atomic E-state index is 0.126. The monoisotopic (exact) mass is 310 g/mol. The van der Waals surface area contributed by atoms with E-state index in [1.165, 1.54) is 11.1 Å². The highest BCUT2D eigenvalue weighted by atomic mass is 16.3. The molecule has 0 bridgehead atoms. The molecule has 1 N–H and O–H groups in total. The molecule has 3 heterocycles. The average Bonchev–Trinajstić information content (AvgIpc) is 3.18. The van der Waals surface area contributed by atoms with Gasteiger partial charge in [-0.2, -0.15) is 4.98 Å². The summed E-state index contributed by atoms with van der Waals surface area (Å²) in [4.78, 5) is 13.7. The number of nitrogens with zero attached hydrogens (tertiary/aromatic N) is 4. The summed E-state index contributed by atoms with van der Waals surface area (Å²) in [7, 11) is 0. The molecule has 2 aliphatic heterocycles. The van der Waals surface area contributed by atoms with Crippen molar-refractivity contribution in [3.05, 3.63) is 47.7 Å². The predicted molar refractivity (Wildman–Crippen MR) is 90.4 cm³/mol. The Hall–Kier alpha value is -2.14. The Morgan fingerprint density at radius 3 is 2.61 bits per heavy atom. The second kappa shape index (κ2) is 5.81. The van der Waals surface area contributed by atoms with Crippen molar-refractivity contribution in [2.75, 3.05) is 23.0 Å². The summed E-state index contributed by atoms with van der Waals surface area (Å²) >= 11 is 0. The molecule has 5 nitrogen and oxygen atoms in total. The maximum absolute atomic E-state index is 9.66. The van der Waals surface area contributed by atoms with Crippen molar-refractivity contribution in [2.45, 2.75) is 32.5 Å². The molecular weight excluding hydrogens is 288 g/mol. The molecule has 2 aromatic rings. The molecule has 4 rings (SSSR count). The number of benzene rings is 1. The molecule has 0 radical (unpaired) electrons. The van der Waals surface area contributed by atoms with Crippen molar-refractivity contribution in [2.24, 2.45) is 5.92 Å². The molecule has 23 heavy (non-hydrogen) atoms. The number of rotatable bonds is 3. The molecule has 2 atom stereocenters. The van der Waals surface area contributed by atoms with E-state index in [2.05, 4.69) is 46.0 Å². The van der Waals surface area contributed by atoms with Gasteiger partial charge in [0.2, 0.25) is 5.95 Å². The lowest BCUT2D eigenvalue weighted by Gasteiger charge is -2.26. The minimum Gasteiger partial charge on any atom is -0.394 e. The van der Waals surface area contributed by atoms with E-state index < -0.39 is 0 Å². The van der Waals surface area contributed by atoms with E-state index in [9.17, 15) is 5.11 Å². The van der Waals surface area contributed by atoms with Crippen LogP contribution in [-0.2, 0) is 13.1 Å². The molecule has 1 fully saturated rings. The van der Waals surface area contributed by atoms with Crippen LogP contribution in [0.15, 0.2) is 36.5 Å². The Labute approximate surface area is 136 Å². The number of aliphatic hydroxyl groups excluding tert-OH is 1. The van der Waals surface area contributed by atoms with Gasteiger partial charge in [-0.05, 0) is 29.5 Å². The molecule has 5 heteroatoms. The Bertz CT molecular complexity index is 680. The lowest BCUT2D eigenvalue weighted by atomic mass is 10.0. The lowest BCUT2D eigenvalue weighted by Crippen LogP contribution is -2.36. The van der Waals surface area contributed by atoms with Crippen molar-refractivity contribution in [3.8, 4) is 0 Å². The van der Waals surface area contributed by atoms with Crippen LogP contribution >= 0.6 is 0 Å². The van der Waals surface area contributed by atoms with Gasteiger partial charge in [0.15, 0.2) is 0 Å². The average molecular weight is 310 g/mol. The summed E-state index contributed by atoms with van der Waals surface area (Å²) in [6.45, 7) is 5.04. The number of hydrogen-bond donors (Lipinski definition) is 1. The van der Waals surface area contributed by atoms with Gasteiger partial charge in [-0.15, -0.1) is 0 Å². The molecule has 1 aromatic heterocycles. The Balaban J connectivity index is 1.58. The Morgan fingerprint density at radius 2 is 1.91 bits per heavy atom. The lowest BCUT2D eigenvalue weighted by molar-refractivity contribution is 0.244. The molecule has 0 saturated carbocycles. The summed E-state index contributed by atoms with van der Waals surface area (Å²) < 4.78 is 0. The second-order valence-corrected chi connectivity index (χ2v) is 6.55. The summed E-state index contributed by atoms with van der Waals surface area (Å²) in [5, 5.41) is 9.66. The van der Waals surface area contributed by atoms with E-state index in [1.807, 2.05) is 12.3 Å². The van der Waals surface area contributed by atoms with Crippen LogP contribution in [0.4, 0.5) is 11.8 Å². The van der Waals surface area contributed by atoms with Crippen LogP contribution in [0.3, 0.4) is 0 Å². The third kappa shape index (κ3) is 2.55. The summed E-state index contributed by atoms with van der Waals surface area (Å²) in [6, 6.07) is 10.6. The Morgan fingerprint density at radius 1 is 1.17 bits per heavy atom. The number of aliphatic hydroxyl groups is 1. The highest BCUT2D eigenvalue weighted by Gasteiger charge is 2.32. The summed E-state index contributed by atoms with van der Waals surface area (Å²) in [6.07, 6.45) is 2.91. The van der Waals surface area contributed by atoms with E-state index in [0.29, 0.717) is 5.92 Å². The zero-order valence-corrected chi connectivity index (χ0v) is 13.4. The first-order valence-electron chi connectivity index (χ1n) is 8.28. The van der Waals surface area contributed by atoms with Crippen LogP contribution in [0.1, 0.15) is 24.5 Å². The van der Waals surface area contributed by atoms with Crippen molar-refractivity contribution in [1.29, 1.82) is 0 Å². The zero-order valence-electron chi connectivity index (χ0n) is 13.4. The standard InChI is InChI=1S/C18H22N4O/c1-13-7-9-22(16(13)12-23)18-19-8-6-17(20-18)21-10-14-4-2-3-5-15(14)11-21/h2-6,8,13,16,23H,7,9-12H2,1H3. The molecule has 0 aliphatic carbocycles. The minimum atomic E-state index is 0.126. The SMILES string of the molecule is CC1CCN(c2nccc(N3Cc4ccccc4C3)n2)C1CO. The summed E-state index contributed by atoms with van der Waals surface area (Å²) in [5.74, 6) is 2.17. The van der Waals surface area contributed by atoms with Gasteiger partial charge in [0.05, 0.1) is 12.6 Å². The quantitative estimate of drug-likeness (QED) is 0.942. The summed E-state index contributed by atoms with van der Waals surface area (Å²) in [5.41, 5.74) is 2.74. The molecule has 1 aromatic carbocycles. The van der Waals surface area contributed by atoms with Crippen molar-refractivity contribution < 1.29 is 5.11 Å². The largest absolute Gasteiger partial charge is 0.394 e. The van der Waals surface area contributed by atoms with Crippen LogP contribution in [-0.4, -0.2) is 34.3 Å². The maximum Gasteiger partial charge on any atom is 0.227 e. The van der Waals surface area contributed by atoms with E-state index in [4.69, 9.17) is 4.98 Å². The van der Waals surface area contributed by atoms with Gasteiger partial charge in [-0.25, -0.2) is 4.98 Å². The van der Waals surface area contributed by atoms with E-state index >= 15 is 0 Å². The fourth-order valence-electron chi connectivity index (χ4n) is 3.68. The van der Waals surface area contributed by atoms with Crippen molar-refractivity contribution in [3.63, 3.8) is 0 Å². The van der Waals surface area contributed by atoms with Crippen molar-refractivity contribution >= 4 is 11.8 Å². The number of aromatic nitrogens is 2. The third-order valence-corrected chi connectivity index (χ3v) is 5.12. The third-order valence-electron chi connectivity index (χ3n) is 5.12. The first-order chi connectivity index (χ1) is 11.3. The van der Waals surface area contributed by atoms with E-state index in [0.717, 1.165) is 37.8 Å². The first-order valence-corrected chi connectivity index (χ1v) is 8.28. The zero-order chi connectivity index (χ0) is 15.8. The van der Waals surface area contributed by atoms with Gasteiger partial charge in [-0.1, -0.05) is 31.2 Å². The second-order valence-electron chi connectivity index (χ2n) is 6.55. The van der Waals surface area contributed by atoms with Crippen LogP contribution in [0, 0.1) is 5.92 Å². The van der Waals surface area contributed by atoms with Gasteiger partial charge >= 0.3 is 0 Å². The van der Waals surface area contributed by atoms with Crippen LogP contribution in [0.2, 0.25) is 0 Å². The highest BCUT2D eigenvalue weighted by molar-refractivity contribution is 5.50. The van der Waals surface area contributed by atoms with Gasteiger partial charge in [0, 0.05) is 25.8 Å². The van der Waals surface area contributed by atoms with Crippen LogP contribution in [0.5, 0.6) is 0 Å². The predicted octanol–water partition coefficient (Wildman–Crippen LogP) is 2.20. The highest BCUT2D eigenvalue weighted by Crippen LogP contribution is 2.30. The molecule has 2 aliphatic rings. The fraction of sp³-hybridized carbons (Fsp3) is 0.444. The fourth-order valence-corrected chi connectivity index (χ4v) is 3.68. The van der Waals surface area contributed by atoms with Crippen LogP contribution < -0.4 is 9.80 Å². The normalized spacial score (nSPS) is 23.4. The molecule has 0 amide bonds. The topological polar surface area (TPSA) is 52.5 Å². The first kappa shape index (κ1) is 14.5. The number of anilines is 2. The number of fused-ring (bicyclic) bond motifs is 1. The number of hydrogen-bond acceptors (Lipinski definition) is 5. The smallest absolute Gasteiger partial charge is 0.227 e. The molecular formula is C18H22N4O. The van der Waals surface area contributed by atoms with Gasteiger partial charge in [0.25, 0.3) is 0 Å². The van der Waals surface area contributed by atoms with Crippen molar-refractivity contribution in [1.82, 2.24) is 9.97 Å². The van der Waals surface area contributed by atoms with Gasteiger partial charge in [0.1, 0.15) is 5.82 Å². The maximum atomic E-state index is 9.66. The molecule has 0 spiro atoms.